The van der Waals surface area contributed by atoms with Gasteiger partial charge in [0.2, 0.25) is 10.0 Å². The third-order valence-corrected chi connectivity index (χ3v) is 7.91. The number of nitrogens with zero attached hydrogens (tertiary/aromatic N) is 4. The van der Waals surface area contributed by atoms with Crippen molar-refractivity contribution < 1.29 is 8.42 Å². The largest absolute Gasteiger partial charge is 0.322 e. The number of para-hydroxylation sites is 2. The minimum Gasteiger partial charge on any atom is -0.322 e. The Morgan fingerprint density at radius 1 is 0.719 bits per heavy atom. The van der Waals surface area contributed by atoms with E-state index in [9.17, 15) is 8.42 Å². The molecule has 0 aliphatic carbocycles. The van der Waals surface area contributed by atoms with Crippen molar-refractivity contribution in [3.63, 3.8) is 0 Å². The lowest BCUT2D eigenvalue weighted by Crippen LogP contribution is -2.48. The predicted octanol–water partition coefficient (Wildman–Crippen LogP) is 3.59. The SMILES string of the molecule is O=S(=O)(c1ccccc1)N1CCN(Cc2nc3ccccc3n2Cc2ccccc2)CC1. The normalized spacial score (nSPS) is 15.9. The summed E-state index contributed by atoms with van der Waals surface area (Å²) in [5, 5.41) is 0. The van der Waals surface area contributed by atoms with Gasteiger partial charge in [-0.1, -0.05) is 60.7 Å². The van der Waals surface area contributed by atoms with Crippen LogP contribution in [0.5, 0.6) is 0 Å². The Hall–Kier alpha value is -3.00. The average Bonchev–Trinajstić information content (AvgIpc) is 3.17. The lowest BCUT2D eigenvalue weighted by atomic mass is 10.2. The molecule has 1 saturated heterocycles. The first-order chi connectivity index (χ1) is 15.6. The van der Waals surface area contributed by atoms with Crippen LogP contribution in [0.15, 0.2) is 89.8 Å². The molecule has 1 aromatic heterocycles. The maximum atomic E-state index is 12.9. The number of benzene rings is 3. The van der Waals surface area contributed by atoms with Crippen LogP contribution in [0.3, 0.4) is 0 Å². The van der Waals surface area contributed by atoms with Gasteiger partial charge in [0.05, 0.1) is 22.5 Å². The molecule has 1 aliphatic heterocycles. The topological polar surface area (TPSA) is 58.4 Å². The fourth-order valence-corrected chi connectivity index (χ4v) is 5.70. The summed E-state index contributed by atoms with van der Waals surface area (Å²) in [6.45, 7) is 3.78. The van der Waals surface area contributed by atoms with Crippen molar-refractivity contribution in [1.82, 2.24) is 18.8 Å². The summed E-state index contributed by atoms with van der Waals surface area (Å²) in [7, 11) is -3.44. The van der Waals surface area contributed by atoms with Crippen molar-refractivity contribution in [3.8, 4) is 0 Å². The first-order valence-electron chi connectivity index (χ1n) is 10.9. The Kier molecular flexibility index (Phi) is 5.78. The maximum absolute atomic E-state index is 12.9. The van der Waals surface area contributed by atoms with Gasteiger partial charge in [0.25, 0.3) is 0 Å². The second-order valence-electron chi connectivity index (χ2n) is 8.08. The second kappa shape index (κ2) is 8.86. The number of hydrogen-bond donors (Lipinski definition) is 0. The molecule has 6 nitrogen and oxygen atoms in total. The second-order valence-corrected chi connectivity index (χ2v) is 10.0. The van der Waals surface area contributed by atoms with Crippen LogP contribution in [0.25, 0.3) is 11.0 Å². The number of piperazine rings is 1. The summed E-state index contributed by atoms with van der Waals surface area (Å²) in [5.41, 5.74) is 3.34. The zero-order valence-corrected chi connectivity index (χ0v) is 18.7. The van der Waals surface area contributed by atoms with E-state index >= 15 is 0 Å². The van der Waals surface area contributed by atoms with Gasteiger partial charge in [-0.15, -0.1) is 0 Å². The molecule has 0 saturated carbocycles. The monoisotopic (exact) mass is 446 g/mol. The number of aromatic nitrogens is 2. The van der Waals surface area contributed by atoms with Gasteiger partial charge in [-0.3, -0.25) is 4.90 Å². The average molecular weight is 447 g/mol. The van der Waals surface area contributed by atoms with E-state index in [0.717, 1.165) is 23.4 Å². The number of rotatable bonds is 6. The minimum atomic E-state index is -3.44. The Bertz CT molecular complexity index is 1300. The van der Waals surface area contributed by atoms with Crippen molar-refractivity contribution in [1.29, 1.82) is 0 Å². The van der Waals surface area contributed by atoms with Crippen LogP contribution in [0.4, 0.5) is 0 Å². The van der Waals surface area contributed by atoms with Gasteiger partial charge in [0, 0.05) is 32.7 Å². The molecule has 5 rings (SSSR count). The van der Waals surface area contributed by atoms with Gasteiger partial charge in [-0.25, -0.2) is 13.4 Å². The molecule has 32 heavy (non-hydrogen) atoms. The van der Waals surface area contributed by atoms with Gasteiger partial charge in [0.1, 0.15) is 5.82 Å². The summed E-state index contributed by atoms with van der Waals surface area (Å²) in [5.74, 6) is 1.01. The first kappa shape index (κ1) is 20.9. The van der Waals surface area contributed by atoms with E-state index in [1.807, 2.05) is 30.3 Å². The molecule has 0 amide bonds. The third-order valence-electron chi connectivity index (χ3n) is 5.99. The van der Waals surface area contributed by atoms with E-state index in [-0.39, 0.29) is 0 Å². The minimum absolute atomic E-state index is 0.359. The fraction of sp³-hybridized carbons (Fsp3) is 0.240. The standard InChI is InChI=1S/C25H26N4O2S/c30-32(31,22-11-5-2-6-12-22)28-17-15-27(16-18-28)20-25-26-23-13-7-8-14-24(23)29(25)19-21-9-3-1-4-10-21/h1-14H,15-20H2. The van der Waals surface area contributed by atoms with Gasteiger partial charge in [-0.2, -0.15) is 4.31 Å². The van der Waals surface area contributed by atoms with Crippen molar-refractivity contribution >= 4 is 21.1 Å². The molecule has 0 atom stereocenters. The van der Waals surface area contributed by atoms with Crippen LogP contribution in [0.2, 0.25) is 0 Å². The number of hydrogen-bond acceptors (Lipinski definition) is 4. The maximum Gasteiger partial charge on any atom is 0.243 e. The fourth-order valence-electron chi connectivity index (χ4n) is 4.26. The van der Waals surface area contributed by atoms with Crippen LogP contribution in [0, 0.1) is 0 Å². The Morgan fingerprint density at radius 3 is 2.06 bits per heavy atom. The highest BCUT2D eigenvalue weighted by atomic mass is 32.2. The summed E-state index contributed by atoms with van der Waals surface area (Å²) in [4.78, 5) is 7.56. The molecule has 0 bridgehead atoms. The summed E-state index contributed by atoms with van der Waals surface area (Å²) in [6, 6.07) is 27.3. The molecule has 0 spiro atoms. The van der Waals surface area contributed by atoms with E-state index < -0.39 is 10.0 Å². The summed E-state index contributed by atoms with van der Waals surface area (Å²) >= 11 is 0. The van der Waals surface area contributed by atoms with Gasteiger partial charge < -0.3 is 4.57 Å². The van der Waals surface area contributed by atoms with E-state index in [2.05, 4.69) is 39.8 Å². The molecule has 1 fully saturated rings. The lowest BCUT2D eigenvalue weighted by Gasteiger charge is -2.33. The molecular weight excluding hydrogens is 420 g/mol. The Morgan fingerprint density at radius 2 is 1.34 bits per heavy atom. The molecule has 0 radical (unpaired) electrons. The molecule has 0 N–H and O–H groups in total. The summed E-state index contributed by atoms with van der Waals surface area (Å²) in [6.07, 6.45) is 0. The van der Waals surface area contributed by atoms with Crippen molar-refractivity contribution in [2.75, 3.05) is 26.2 Å². The van der Waals surface area contributed by atoms with Crippen molar-refractivity contribution in [2.45, 2.75) is 18.0 Å². The van der Waals surface area contributed by atoms with Crippen molar-refractivity contribution in [3.05, 3.63) is 96.3 Å². The molecule has 4 aromatic rings. The van der Waals surface area contributed by atoms with E-state index in [0.29, 0.717) is 37.6 Å². The van der Waals surface area contributed by atoms with E-state index in [1.165, 1.54) is 5.56 Å². The molecule has 3 aromatic carbocycles. The number of sulfonamides is 1. The van der Waals surface area contributed by atoms with Crippen LogP contribution < -0.4 is 0 Å². The van der Waals surface area contributed by atoms with E-state index in [4.69, 9.17) is 4.98 Å². The van der Waals surface area contributed by atoms with Crippen molar-refractivity contribution in [2.24, 2.45) is 0 Å². The smallest absolute Gasteiger partial charge is 0.243 e. The van der Waals surface area contributed by atoms with Gasteiger partial charge in [-0.05, 0) is 29.8 Å². The van der Waals surface area contributed by atoms with E-state index in [1.54, 1.807) is 28.6 Å². The molecule has 1 aliphatic rings. The number of imidazole rings is 1. The molecule has 7 heteroatoms. The quantitative estimate of drug-likeness (QED) is 0.454. The van der Waals surface area contributed by atoms with Crippen LogP contribution in [-0.4, -0.2) is 53.4 Å². The molecule has 0 unspecified atom stereocenters. The zero-order valence-electron chi connectivity index (χ0n) is 17.8. The zero-order chi connectivity index (χ0) is 22.0. The highest BCUT2D eigenvalue weighted by Crippen LogP contribution is 2.21. The lowest BCUT2D eigenvalue weighted by molar-refractivity contribution is 0.176. The predicted molar refractivity (Wildman–Crippen MR) is 126 cm³/mol. The van der Waals surface area contributed by atoms with Crippen LogP contribution in [0.1, 0.15) is 11.4 Å². The van der Waals surface area contributed by atoms with Crippen LogP contribution >= 0.6 is 0 Å². The molecular formula is C25H26N4O2S. The molecule has 2 heterocycles. The first-order valence-corrected chi connectivity index (χ1v) is 12.3. The highest BCUT2D eigenvalue weighted by Gasteiger charge is 2.29. The molecule has 164 valence electrons. The highest BCUT2D eigenvalue weighted by molar-refractivity contribution is 7.89. The van der Waals surface area contributed by atoms with Gasteiger partial charge in [0.15, 0.2) is 0 Å². The third kappa shape index (κ3) is 4.19. The number of fused-ring (bicyclic) bond motifs is 1. The summed E-state index contributed by atoms with van der Waals surface area (Å²) < 4.78 is 29.7. The van der Waals surface area contributed by atoms with Gasteiger partial charge >= 0.3 is 0 Å². The Balaban J connectivity index is 1.33. The van der Waals surface area contributed by atoms with Crippen LogP contribution in [-0.2, 0) is 23.1 Å². The Labute approximate surface area is 188 Å².